The van der Waals surface area contributed by atoms with Crippen molar-refractivity contribution in [2.45, 2.75) is 13.1 Å². The summed E-state index contributed by atoms with van der Waals surface area (Å²) in [6.45, 7) is 2.80. The van der Waals surface area contributed by atoms with Crippen molar-refractivity contribution in [2.24, 2.45) is 10.9 Å². The molecule has 104 valence electrons. The Hall–Kier alpha value is -0.690. The number of nitrogens with zero attached hydrogens (tertiary/aromatic N) is 1. The van der Waals surface area contributed by atoms with E-state index in [0.29, 0.717) is 27.8 Å². The number of nitrogens with one attached hydrogen (secondary N) is 1. The second-order valence-corrected chi connectivity index (χ2v) is 6.34. The number of thioether (sulfide) groups is 1. The summed E-state index contributed by atoms with van der Waals surface area (Å²) >= 11 is 4.62. The second kappa shape index (κ2) is 5.75. The molecule has 2 rings (SSSR count). The van der Waals surface area contributed by atoms with Gasteiger partial charge in [-0.15, -0.1) is 0 Å². The van der Waals surface area contributed by atoms with E-state index in [1.54, 1.807) is 6.07 Å². The largest absolute Gasteiger partial charge is 0.416 e. The summed E-state index contributed by atoms with van der Waals surface area (Å²) in [5.41, 5.74) is -0.290. The summed E-state index contributed by atoms with van der Waals surface area (Å²) < 4.78 is 38.5. The van der Waals surface area contributed by atoms with Gasteiger partial charge >= 0.3 is 6.18 Å². The lowest BCUT2D eigenvalue weighted by molar-refractivity contribution is -0.137. The molecule has 1 aromatic rings. The van der Waals surface area contributed by atoms with Crippen LogP contribution in [0.3, 0.4) is 0 Å². The maximum absolute atomic E-state index is 12.7. The second-order valence-electron chi connectivity index (χ2n) is 4.41. The zero-order valence-electron chi connectivity index (χ0n) is 10.1. The Balaban J connectivity index is 2.19. The van der Waals surface area contributed by atoms with Crippen molar-refractivity contribution in [1.82, 2.24) is 0 Å². The highest BCUT2D eigenvalue weighted by Gasteiger charge is 2.31. The first-order chi connectivity index (χ1) is 8.84. The summed E-state index contributed by atoms with van der Waals surface area (Å²) in [5.74, 6) is 1.43. The summed E-state index contributed by atoms with van der Waals surface area (Å²) in [7, 11) is 0. The van der Waals surface area contributed by atoms with Gasteiger partial charge in [0.2, 0.25) is 0 Å². The van der Waals surface area contributed by atoms with Crippen LogP contribution in [-0.2, 0) is 6.18 Å². The van der Waals surface area contributed by atoms with Crippen LogP contribution in [0.1, 0.15) is 12.5 Å². The SMILES string of the molecule is CC1CN=C(Nc2cc(Br)cc(C(F)(F)F)c2)SC1. The molecule has 19 heavy (non-hydrogen) atoms. The number of anilines is 1. The fraction of sp³-hybridized carbons (Fsp3) is 0.417. The van der Waals surface area contributed by atoms with Gasteiger partial charge in [-0.25, -0.2) is 0 Å². The fourth-order valence-electron chi connectivity index (χ4n) is 1.58. The van der Waals surface area contributed by atoms with Crippen molar-refractivity contribution in [3.8, 4) is 0 Å². The number of amidine groups is 1. The highest BCUT2D eigenvalue weighted by atomic mass is 79.9. The predicted molar refractivity (Wildman–Crippen MR) is 76.7 cm³/mol. The minimum atomic E-state index is -4.35. The monoisotopic (exact) mass is 352 g/mol. The van der Waals surface area contributed by atoms with Gasteiger partial charge in [-0.05, 0) is 24.1 Å². The molecule has 0 fully saturated rings. The highest BCUT2D eigenvalue weighted by Crippen LogP contribution is 2.33. The van der Waals surface area contributed by atoms with E-state index in [9.17, 15) is 13.2 Å². The average molecular weight is 353 g/mol. The molecule has 1 aliphatic rings. The van der Waals surface area contributed by atoms with Crippen molar-refractivity contribution < 1.29 is 13.2 Å². The molecule has 0 amide bonds. The lowest BCUT2D eigenvalue weighted by Gasteiger charge is -2.18. The molecule has 0 aromatic heterocycles. The molecule has 1 aliphatic heterocycles. The van der Waals surface area contributed by atoms with Crippen molar-refractivity contribution in [1.29, 1.82) is 0 Å². The normalized spacial score (nSPS) is 20.1. The Morgan fingerprint density at radius 3 is 2.68 bits per heavy atom. The van der Waals surface area contributed by atoms with E-state index in [-0.39, 0.29) is 0 Å². The molecule has 0 saturated heterocycles. The van der Waals surface area contributed by atoms with Crippen LogP contribution in [0.15, 0.2) is 27.7 Å². The third-order valence-electron chi connectivity index (χ3n) is 2.53. The highest BCUT2D eigenvalue weighted by molar-refractivity contribution is 9.10. The number of hydrogen-bond acceptors (Lipinski definition) is 3. The number of halogens is 4. The summed E-state index contributed by atoms with van der Waals surface area (Å²) in [6.07, 6.45) is -4.35. The Kier molecular flexibility index (Phi) is 4.45. The topological polar surface area (TPSA) is 24.4 Å². The third kappa shape index (κ3) is 4.14. The van der Waals surface area contributed by atoms with Gasteiger partial charge in [0, 0.05) is 22.5 Å². The van der Waals surface area contributed by atoms with Gasteiger partial charge < -0.3 is 5.32 Å². The molecular formula is C12H12BrF3N2S. The zero-order chi connectivity index (χ0) is 14.0. The van der Waals surface area contributed by atoms with Crippen LogP contribution >= 0.6 is 27.7 Å². The van der Waals surface area contributed by atoms with Crippen LogP contribution in [0.4, 0.5) is 18.9 Å². The maximum atomic E-state index is 12.7. The van der Waals surface area contributed by atoms with E-state index in [4.69, 9.17) is 0 Å². The molecule has 2 nitrogen and oxygen atoms in total. The molecule has 0 radical (unpaired) electrons. The first-order valence-electron chi connectivity index (χ1n) is 5.66. The smallest absolute Gasteiger partial charge is 0.335 e. The Morgan fingerprint density at radius 2 is 2.11 bits per heavy atom. The number of benzene rings is 1. The van der Waals surface area contributed by atoms with Gasteiger partial charge in [-0.3, -0.25) is 4.99 Å². The van der Waals surface area contributed by atoms with Crippen molar-refractivity contribution >= 4 is 38.5 Å². The standard InChI is InChI=1S/C12H12BrF3N2S/c1-7-5-17-11(19-6-7)18-10-3-8(12(14,15)16)2-9(13)4-10/h2-4,7H,5-6H2,1H3,(H,17,18). The van der Waals surface area contributed by atoms with Crippen LogP contribution < -0.4 is 5.32 Å². The lowest BCUT2D eigenvalue weighted by Crippen LogP contribution is -2.19. The first kappa shape index (κ1) is 14.7. The number of alkyl halides is 3. The van der Waals surface area contributed by atoms with Crippen LogP contribution in [0.2, 0.25) is 0 Å². The van der Waals surface area contributed by atoms with Gasteiger partial charge in [-0.2, -0.15) is 13.2 Å². The number of aliphatic imine (C=N–C) groups is 1. The third-order valence-corrected chi connectivity index (χ3v) is 4.23. The molecule has 7 heteroatoms. The van der Waals surface area contributed by atoms with Crippen molar-refractivity contribution in [3.63, 3.8) is 0 Å². The number of hydrogen-bond donors (Lipinski definition) is 1. The zero-order valence-corrected chi connectivity index (χ0v) is 12.5. The van der Waals surface area contributed by atoms with E-state index in [2.05, 4.69) is 33.2 Å². The Labute approximate surface area is 122 Å². The van der Waals surface area contributed by atoms with Gasteiger partial charge in [0.15, 0.2) is 5.17 Å². The summed E-state index contributed by atoms with van der Waals surface area (Å²) in [4.78, 5) is 4.30. The predicted octanol–water partition coefficient (Wildman–Crippen LogP) is 4.62. The molecule has 0 spiro atoms. The Morgan fingerprint density at radius 1 is 1.37 bits per heavy atom. The molecule has 0 aliphatic carbocycles. The van der Waals surface area contributed by atoms with E-state index in [0.717, 1.165) is 17.9 Å². The van der Waals surface area contributed by atoms with Crippen molar-refractivity contribution in [2.75, 3.05) is 17.6 Å². The lowest BCUT2D eigenvalue weighted by atomic mass is 10.2. The van der Waals surface area contributed by atoms with Crippen LogP contribution in [0, 0.1) is 5.92 Å². The first-order valence-corrected chi connectivity index (χ1v) is 7.44. The van der Waals surface area contributed by atoms with E-state index in [1.807, 2.05) is 0 Å². The summed E-state index contributed by atoms with van der Waals surface area (Å²) in [6, 6.07) is 3.76. The average Bonchev–Trinajstić information content (AvgIpc) is 2.30. The Bertz CT molecular complexity index is 502. The molecule has 1 aromatic carbocycles. The minimum Gasteiger partial charge on any atom is -0.335 e. The van der Waals surface area contributed by atoms with Crippen LogP contribution in [0.25, 0.3) is 0 Å². The van der Waals surface area contributed by atoms with Crippen molar-refractivity contribution in [3.05, 3.63) is 28.2 Å². The minimum absolute atomic E-state index is 0.389. The van der Waals surface area contributed by atoms with Gasteiger partial charge in [0.25, 0.3) is 0 Å². The molecule has 1 unspecified atom stereocenters. The van der Waals surface area contributed by atoms with Gasteiger partial charge in [0.1, 0.15) is 0 Å². The van der Waals surface area contributed by atoms with Gasteiger partial charge in [-0.1, -0.05) is 34.6 Å². The number of rotatable bonds is 1. The molecule has 1 heterocycles. The van der Waals surface area contributed by atoms with Gasteiger partial charge in [0.05, 0.1) is 5.56 Å². The maximum Gasteiger partial charge on any atom is 0.416 e. The molecule has 1 atom stereocenters. The van der Waals surface area contributed by atoms with E-state index in [1.165, 1.54) is 11.8 Å². The summed E-state index contributed by atoms with van der Waals surface area (Å²) in [5, 5.41) is 3.61. The van der Waals surface area contributed by atoms with Crippen LogP contribution in [0.5, 0.6) is 0 Å². The van der Waals surface area contributed by atoms with E-state index >= 15 is 0 Å². The molecule has 0 saturated carbocycles. The quantitative estimate of drug-likeness (QED) is 0.797. The van der Waals surface area contributed by atoms with E-state index < -0.39 is 11.7 Å². The fourth-order valence-corrected chi connectivity index (χ4v) is 2.98. The molecular weight excluding hydrogens is 341 g/mol. The van der Waals surface area contributed by atoms with Crippen LogP contribution in [-0.4, -0.2) is 17.5 Å². The molecule has 1 N–H and O–H groups in total. The molecule has 0 bridgehead atoms.